The van der Waals surface area contributed by atoms with Crippen LogP contribution in [-0.2, 0) is 4.79 Å². The summed E-state index contributed by atoms with van der Waals surface area (Å²) in [6.45, 7) is 3.82. The minimum Gasteiger partial charge on any atom is -0.483 e. The molecule has 0 fully saturated rings. The van der Waals surface area contributed by atoms with Crippen LogP contribution in [0.15, 0.2) is 66.7 Å². The van der Waals surface area contributed by atoms with Crippen LogP contribution in [0.3, 0.4) is 0 Å². The van der Waals surface area contributed by atoms with Gasteiger partial charge in [-0.05, 0) is 55.3 Å². The molecule has 0 saturated carbocycles. The first-order chi connectivity index (χ1) is 13.6. The van der Waals surface area contributed by atoms with E-state index < -0.39 is 0 Å². The maximum atomic E-state index is 12.3. The first-order valence-corrected chi connectivity index (χ1v) is 9.01. The molecule has 0 atom stereocenters. The molecule has 1 heterocycles. The van der Waals surface area contributed by atoms with Crippen LogP contribution >= 0.6 is 0 Å². The third-order valence-corrected chi connectivity index (χ3v) is 4.44. The summed E-state index contributed by atoms with van der Waals surface area (Å²) >= 11 is 0. The Kier molecular flexibility index (Phi) is 4.76. The van der Waals surface area contributed by atoms with Crippen molar-refractivity contribution in [1.82, 2.24) is 15.0 Å². The highest BCUT2D eigenvalue weighted by Gasteiger charge is 2.11. The van der Waals surface area contributed by atoms with Crippen LogP contribution in [0.4, 0.5) is 5.69 Å². The number of nitrogens with one attached hydrogen (secondary N) is 1. The number of rotatable bonds is 5. The van der Waals surface area contributed by atoms with Crippen molar-refractivity contribution in [3.63, 3.8) is 0 Å². The molecule has 0 saturated heterocycles. The molecule has 0 unspecified atom stereocenters. The first-order valence-electron chi connectivity index (χ1n) is 9.01. The van der Waals surface area contributed by atoms with Gasteiger partial charge in [-0.1, -0.05) is 36.4 Å². The Morgan fingerprint density at radius 3 is 2.36 bits per heavy atom. The number of aromatic nitrogens is 3. The summed E-state index contributed by atoms with van der Waals surface area (Å²) in [5.41, 5.74) is 4.97. The van der Waals surface area contributed by atoms with E-state index in [1.54, 1.807) is 4.80 Å². The van der Waals surface area contributed by atoms with Crippen molar-refractivity contribution >= 4 is 22.6 Å². The van der Waals surface area contributed by atoms with Gasteiger partial charge in [-0.15, -0.1) is 10.2 Å². The molecular weight excluding hydrogens is 352 g/mol. The minimum absolute atomic E-state index is 0.0565. The molecular formula is C22H20N4O2. The van der Waals surface area contributed by atoms with Crippen molar-refractivity contribution in [2.45, 2.75) is 13.8 Å². The fraction of sp³-hybridized carbons (Fsp3) is 0.136. The third kappa shape index (κ3) is 3.71. The number of hydrogen-bond acceptors (Lipinski definition) is 4. The number of carbonyl (C=O) groups excluding carboxylic acids is 1. The highest BCUT2D eigenvalue weighted by Crippen LogP contribution is 2.22. The number of aryl methyl sites for hydroxylation is 2. The van der Waals surface area contributed by atoms with E-state index in [0.29, 0.717) is 17.0 Å². The molecule has 0 bridgehead atoms. The summed E-state index contributed by atoms with van der Waals surface area (Å²) < 4.78 is 5.62. The number of anilines is 1. The van der Waals surface area contributed by atoms with E-state index in [4.69, 9.17) is 4.74 Å². The molecule has 6 heteroatoms. The molecule has 0 radical (unpaired) electrons. The number of nitrogens with zero attached hydrogens (tertiary/aromatic N) is 3. The van der Waals surface area contributed by atoms with Crippen LogP contribution in [0.25, 0.3) is 16.7 Å². The number of fused-ring (bicyclic) bond motifs is 1. The van der Waals surface area contributed by atoms with E-state index in [1.165, 1.54) is 0 Å². The van der Waals surface area contributed by atoms with Gasteiger partial charge in [0.1, 0.15) is 16.8 Å². The molecule has 140 valence electrons. The number of para-hydroxylation sites is 2. The van der Waals surface area contributed by atoms with Gasteiger partial charge in [0.2, 0.25) is 0 Å². The van der Waals surface area contributed by atoms with Gasteiger partial charge in [0.15, 0.2) is 6.61 Å². The number of amides is 1. The van der Waals surface area contributed by atoms with Crippen molar-refractivity contribution < 1.29 is 9.53 Å². The summed E-state index contributed by atoms with van der Waals surface area (Å²) in [7, 11) is 0. The monoisotopic (exact) mass is 372 g/mol. The minimum atomic E-state index is -0.221. The van der Waals surface area contributed by atoms with Gasteiger partial charge in [0.25, 0.3) is 5.91 Å². The highest BCUT2D eigenvalue weighted by atomic mass is 16.5. The van der Waals surface area contributed by atoms with E-state index in [9.17, 15) is 4.79 Å². The van der Waals surface area contributed by atoms with Gasteiger partial charge < -0.3 is 10.1 Å². The van der Waals surface area contributed by atoms with Crippen LogP contribution in [-0.4, -0.2) is 27.5 Å². The summed E-state index contributed by atoms with van der Waals surface area (Å²) in [5.74, 6) is 0.483. The average molecular weight is 372 g/mol. The molecule has 4 aromatic rings. The summed E-state index contributed by atoms with van der Waals surface area (Å²) in [5, 5.41) is 11.9. The smallest absolute Gasteiger partial charge is 0.262 e. The van der Waals surface area contributed by atoms with Crippen molar-refractivity contribution in [1.29, 1.82) is 0 Å². The lowest BCUT2D eigenvalue weighted by molar-refractivity contribution is -0.118. The molecule has 4 rings (SSSR count). The molecule has 3 aromatic carbocycles. The van der Waals surface area contributed by atoms with Gasteiger partial charge in [-0.3, -0.25) is 4.79 Å². The van der Waals surface area contributed by atoms with E-state index in [2.05, 4.69) is 15.5 Å². The molecule has 0 aliphatic carbocycles. The maximum absolute atomic E-state index is 12.3. The molecule has 1 amide bonds. The fourth-order valence-corrected chi connectivity index (χ4v) is 2.93. The molecule has 0 aliphatic heterocycles. The van der Waals surface area contributed by atoms with Gasteiger partial charge >= 0.3 is 0 Å². The highest BCUT2D eigenvalue weighted by molar-refractivity contribution is 5.95. The molecule has 0 aliphatic rings. The Morgan fingerprint density at radius 1 is 0.929 bits per heavy atom. The first kappa shape index (κ1) is 17.7. The molecule has 1 N–H and O–H groups in total. The second-order valence-electron chi connectivity index (χ2n) is 6.58. The van der Waals surface area contributed by atoms with Gasteiger partial charge in [0.05, 0.1) is 5.69 Å². The van der Waals surface area contributed by atoms with Gasteiger partial charge in [-0.25, -0.2) is 0 Å². The van der Waals surface area contributed by atoms with Crippen LogP contribution in [0.1, 0.15) is 11.1 Å². The zero-order chi connectivity index (χ0) is 19.5. The fourth-order valence-electron chi connectivity index (χ4n) is 2.93. The molecule has 28 heavy (non-hydrogen) atoms. The van der Waals surface area contributed by atoms with E-state index in [0.717, 1.165) is 22.3 Å². The van der Waals surface area contributed by atoms with Crippen LogP contribution < -0.4 is 10.1 Å². The summed E-state index contributed by atoms with van der Waals surface area (Å²) in [6.07, 6.45) is 0. The van der Waals surface area contributed by atoms with Gasteiger partial charge in [0, 0.05) is 5.69 Å². The topological polar surface area (TPSA) is 69.0 Å². The zero-order valence-electron chi connectivity index (χ0n) is 15.7. The third-order valence-electron chi connectivity index (χ3n) is 4.44. The number of carbonyl (C=O) groups is 1. The quantitative estimate of drug-likeness (QED) is 0.574. The van der Waals surface area contributed by atoms with Crippen molar-refractivity contribution in [2.75, 3.05) is 11.9 Å². The molecule has 1 aromatic heterocycles. The van der Waals surface area contributed by atoms with E-state index in [1.807, 2.05) is 80.6 Å². The molecule has 0 spiro atoms. The summed E-state index contributed by atoms with van der Waals surface area (Å²) in [4.78, 5) is 13.9. The second kappa shape index (κ2) is 7.52. The van der Waals surface area contributed by atoms with Gasteiger partial charge in [-0.2, -0.15) is 4.80 Å². The maximum Gasteiger partial charge on any atom is 0.262 e. The Balaban J connectivity index is 1.51. The van der Waals surface area contributed by atoms with E-state index in [-0.39, 0.29) is 12.5 Å². The van der Waals surface area contributed by atoms with Crippen molar-refractivity contribution in [3.8, 4) is 11.4 Å². The SMILES string of the molecule is Cc1cc2nn(-c3ccccc3)nc2cc1NC(=O)COc1ccccc1C. The molecule has 6 nitrogen and oxygen atoms in total. The number of benzene rings is 3. The van der Waals surface area contributed by atoms with Crippen LogP contribution in [0, 0.1) is 13.8 Å². The van der Waals surface area contributed by atoms with Crippen LogP contribution in [0.2, 0.25) is 0 Å². The average Bonchev–Trinajstić information content (AvgIpc) is 3.11. The Morgan fingerprint density at radius 2 is 1.61 bits per heavy atom. The van der Waals surface area contributed by atoms with Crippen LogP contribution in [0.5, 0.6) is 5.75 Å². The van der Waals surface area contributed by atoms with Crippen molar-refractivity contribution in [3.05, 3.63) is 77.9 Å². The predicted molar refractivity (Wildman–Crippen MR) is 109 cm³/mol. The Hall–Kier alpha value is -3.67. The lowest BCUT2D eigenvalue weighted by Gasteiger charge is -2.10. The second-order valence-corrected chi connectivity index (χ2v) is 6.58. The van der Waals surface area contributed by atoms with Crippen molar-refractivity contribution in [2.24, 2.45) is 0 Å². The Bertz CT molecular complexity index is 1140. The standard InChI is InChI=1S/C22H20N4O2/c1-15-8-6-7-11-21(15)28-14-22(27)23-18-13-20-19(12-16(18)2)24-26(25-20)17-9-4-3-5-10-17/h3-13H,14H2,1-2H3,(H,23,27). The lowest BCUT2D eigenvalue weighted by Crippen LogP contribution is -2.20. The largest absolute Gasteiger partial charge is 0.483 e. The lowest BCUT2D eigenvalue weighted by atomic mass is 10.1. The number of hydrogen-bond donors (Lipinski definition) is 1. The zero-order valence-corrected chi connectivity index (χ0v) is 15.7. The summed E-state index contributed by atoms with van der Waals surface area (Å²) in [6, 6.07) is 21.1. The van der Waals surface area contributed by atoms with E-state index >= 15 is 0 Å². The Labute approximate surface area is 162 Å². The number of ether oxygens (including phenoxy) is 1. The predicted octanol–water partition coefficient (Wildman–Crippen LogP) is 4.05. The normalized spacial score (nSPS) is 10.8.